The molecule has 0 aliphatic carbocycles. The molecule has 2 aromatic rings. The normalized spacial score (nSPS) is 13.5. The maximum Gasteiger partial charge on any atom is 0.350 e. The predicted molar refractivity (Wildman–Crippen MR) is 92.6 cm³/mol. The summed E-state index contributed by atoms with van der Waals surface area (Å²) in [6.45, 7) is 3.66. The minimum Gasteiger partial charge on any atom is -0.476 e. The van der Waals surface area contributed by atoms with Crippen LogP contribution in [0.4, 0.5) is 4.39 Å². The van der Waals surface area contributed by atoms with E-state index in [9.17, 15) is 9.18 Å². The van der Waals surface area contributed by atoms with Crippen LogP contribution in [0.3, 0.4) is 0 Å². The van der Waals surface area contributed by atoms with Crippen molar-refractivity contribution in [3.63, 3.8) is 0 Å². The fraction of sp³-hybridized carbons (Fsp3) is 0.316. The van der Waals surface area contributed by atoms with E-state index in [1.54, 1.807) is 26.0 Å². The lowest BCUT2D eigenvalue weighted by Crippen LogP contribution is -2.39. The lowest BCUT2D eigenvalue weighted by Gasteiger charge is -2.25. The minimum atomic E-state index is -1.25. The van der Waals surface area contributed by atoms with E-state index in [2.05, 4.69) is 0 Å². The van der Waals surface area contributed by atoms with E-state index in [-0.39, 0.29) is 19.2 Å². The molecule has 0 saturated carbocycles. The summed E-state index contributed by atoms with van der Waals surface area (Å²) in [6, 6.07) is 8.86. The first-order valence-electron chi connectivity index (χ1n) is 7.99. The average molecular weight is 381 g/mol. The van der Waals surface area contributed by atoms with E-state index in [4.69, 9.17) is 30.5 Å². The monoisotopic (exact) mass is 380 g/mol. The Morgan fingerprint density at radius 1 is 1.27 bits per heavy atom. The molecule has 1 aliphatic rings. The van der Waals surface area contributed by atoms with Gasteiger partial charge in [0.1, 0.15) is 23.9 Å². The lowest BCUT2D eigenvalue weighted by atomic mass is 10.1. The van der Waals surface area contributed by atoms with Crippen LogP contribution in [-0.4, -0.2) is 18.4 Å². The molecule has 0 unspecified atom stereocenters. The number of rotatable bonds is 5. The number of carbonyl (C=O) groups excluding carboxylic acids is 1. The summed E-state index contributed by atoms with van der Waals surface area (Å²) in [5, 5.41) is 0.505. The molecular formula is C19H18ClFO5. The molecule has 1 aliphatic heterocycles. The van der Waals surface area contributed by atoms with Crippen molar-refractivity contribution in [2.75, 3.05) is 6.79 Å². The molecule has 0 amide bonds. The van der Waals surface area contributed by atoms with Crippen molar-refractivity contribution in [1.29, 1.82) is 0 Å². The molecule has 1 heterocycles. The van der Waals surface area contributed by atoms with Gasteiger partial charge in [0.25, 0.3) is 0 Å². The van der Waals surface area contributed by atoms with Crippen LogP contribution >= 0.6 is 11.6 Å². The minimum absolute atomic E-state index is 0.0159. The second-order valence-corrected chi connectivity index (χ2v) is 6.74. The quantitative estimate of drug-likeness (QED) is 0.726. The fourth-order valence-electron chi connectivity index (χ4n) is 2.52. The van der Waals surface area contributed by atoms with Crippen LogP contribution in [-0.2, 0) is 27.5 Å². The highest BCUT2D eigenvalue weighted by molar-refractivity contribution is 6.30. The molecule has 138 valence electrons. The number of esters is 1. The van der Waals surface area contributed by atoms with Crippen molar-refractivity contribution < 1.29 is 28.1 Å². The van der Waals surface area contributed by atoms with Crippen LogP contribution in [0, 0.1) is 5.82 Å². The van der Waals surface area contributed by atoms with Crippen LogP contribution in [0.1, 0.15) is 25.0 Å². The highest BCUT2D eigenvalue weighted by Gasteiger charge is 2.32. The highest BCUT2D eigenvalue weighted by Crippen LogP contribution is 2.32. The van der Waals surface area contributed by atoms with E-state index in [1.165, 1.54) is 24.3 Å². The summed E-state index contributed by atoms with van der Waals surface area (Å²) in [5.41, 5.74) is 0.207. The molecule has 0 atom stereocenters. The molecular weight excluding hydrogens is 363 g/mol. The van der Waals surface area contributed by atoms with E-state index in [0.29, 0.717) is 28.7 Å². The standard InChI is InChI=1S/C19H18ClFO5/c1-19(2,26-16-5-3-15(21)4-6-16)18(22)24-10-13-8-14(20)7-12-9-23-11-25-17(12)13/h3-8H,9-11H2,1-2H3. The molecule has 3 rings (SSSR count). The Bertz CT molecular complexity index is 804. The summed E-state index contributed by atoms with van der Waals surface area (Å²) >= 11 is 6.10. The van der Waals surface area contributed by atoms with Crippen molar-refractivity contribution in [2.24, 2.45) is 0 Å². The smallest absolute Gasteiger partial charge is 0.350 e. The van der Waals surface area contributed by atoms with Crippen molar-refractivity contribution in [3.8, 4) is 11.5 Å². The van der Waals surface area contributed by atoms with Crippen LogP contribution in [0.15, 0.2) is 36.4 Å². The predicted octanol–water partition coefficient (Wildman–Crippen LogP) is 4.25. The highest BCUT2D eigenvalue weighted by atomic mass is 35.5. The number of carbonyl (C=O) groups is 1. The number of hydrogen-bond acceptors (Lipinski definition) is 5. The van der Waals surface area contributed by atoms with Gasteiger partial charge in [-0.15, -0.1) is 0 Å². The molecule has 26 heavy (non-hydrogen) atoms. The summed E-state index contributed by atoms with van der Waals surface area (Å²) in [4.78, 5) is 12.4. The Hall–Kier alpha value is -2.31. The van der Waals surface area contributed by atoms with Crippen LogP contribution < -0.4 is 9.47 Å². The van der Waals surface area contributed by atoms with Crippen LogP contribution in [0.5, 0.6) is 11.5 Å². The van der Waals surface area contributed by atoms with E-state index >= 15 is 0 Å². The maximum atomic E-state index is 13.0. The zero-order valence-corrected chi connectivity index (χ0v) is 15.1. The van der Waals surface area contributed by atoms with Gasteiger partial charge in [-0.05, 0) is 50.2 Å². The molecule has 5 nitrogen and oxygen atoms in total. The van der Waals surface area contributed by atoms with Crippen molar-refractivity contribution >= 4 is 17.6 Å². The lowest BCUT2D eigenvalue weighted by molar-refractivity contribution is -0.160. The van der Waals surface area contributed by atoms with Gasteiger partial charge in [-0.1, -0.05) is 11.6 Å². The van der Waals surface area contributed by atoms with Gasteiger partial charge in [-0.2, -0.15) is 0 Å². The molecule has 0 bridgehead atoms. The molecule has 0 saturated heterocycles. The molecule has 0 N–H and O–H groups in total. The Balaban J connectivity index is 1.68. The number of ether oxygens (including phenoxy) is 4. The van der Waals surface area contributed by atoms with Gasteiger partial charge >= 0.3 is 5.97 Å². The first-order chi connectivity index (χ1) is 12.3. The van der Waals surface area contributed by atoms with Crippen molar-refractivity contribution in [3.05, 3.63) is 58.4 Å². The van der Waals surface area contributed by atoms with Crippen LogP contribution in [0.2, 0.25) is 5.02 Å². The summed E-state index contributed by atoms with van der Waals surface area (Å²) in [7, 11) is 0. The van der Waals surface area contributed by atoms with Gasteiger partial charge in [0, 0.05) is 16.1 Å². The SMILES string of the molecule is CC(C)(Oc1ccc(F)cc1)C(=O)OCc1cc(Cl)cc2c1OCOC2. The summed E-state index contributed by atoms with van der Waals surface area (Å²) in [6.07, 6.45) is 0. The van der Waals surface area contributed by atoms with E-state index in [0.717, 1.165) is 5.56 Å². The second-order valence-electron chi connectivity index (χ2n) is 6.31. The summed E-state index contributed by atoms with van der Waals surface area (Å²) in [5.74, 6) is 0.0368. The zero-order valence-electron chi connectivity index (χ0n) is 14.4. The Kier molecular flexibility index (Phi) is 5.34. The largest absolute Gasteiger partial charge is 0.476 e. The number of halogens is 2. The first-order valence-corrected chi connectivity index (χ1v) is 8.36. The topological polar surface area (TPSA) is 54.0 Å². The maximum absolute atomic E-state index is 13.0. The molecule has 0 radical (unpaired) electrons. The molecule has 0 fully saturated rings. The molecule has 0 aromatic heterocycles. The number of fused-ring (bicyclic) bond motifs is 1. The number of hydrogen-bond donors (Lipinski definition) is 0. The second kappa shape index (κ2) is 7.51. The fourth-order valence-corrected chi connectivity index (χ4v) is 2.78. The Morgan fingerprint density at radius 2 is 2.00 bits per heavy atom. The molecule has 2 aromatic carbocycles. The van der Waals surface area contributed by atoms with Crippen molar-refractivity contribution in [1.82, 2.24) is 0 Å². The van der Waals surface area contributed by atoms with Crippen LogP contribution in [0.25, 0.3) is 0 Å². The Labute approximate surface area is 155 Å². The van der Waals surface area contributed by atoms with Gasteiger partial charge in [-0.3, -0.25) is 0 Å². The van der Waals surface area contributed by atoms with E-state index < -0.39 is 11.6 Å². The third kappa shape index (κ3) is 4.26. The first kappa shape index (κ1) is 18.5. The van der Waals surface area contributed by atoms with Gasteiger partial charge in [0.15, 0.2) is 12.4 Å². The van der Waals surface area contributed by atoms with Crippen molar-refractivity contribution in [2.45, 2.75) is 32.7 Å². The zero-order chi connectivity index (χ0) is 18.7. The number of benzene rings is 2. The van der Waals surface area contributed by atoms with Gasteiger partial charge in [0.2, 0.25) is 0 Å². The van der Waals surface area contributed by atoms with Gasteiger partial charge < -0.3 is 18.9 Å². The van der Waals surface area contributed by atoms with Gasteiger partial charge in [-0.25, -0.2) is 9.18 Å². The summed E-state index contributed by atoms with van der Waals surface area (Å²) < 4.78 is 34.7. The third-order valence-corrected chi connectivity index (χ3v) is 4.01. The average Bonchev–Trinajstić information content (AvgIpc) is 2.61. The van der Waals surface area contributed by atoms with E-state index in [1.807, 2.05) is 0 Å². The third-order valence-electron chi connectivity index (χ3n) is 3.79. The Morgan fingerprint density at radius 3 is 2.73 bits per heavy atom. The molecule has 7 heteroatoms. The molecule has 0 spiro atoms. The van der Waals surface area contributed by atoms with Gasteiger partial charge in [0.05, 0.1) is 6.61 Å².